The van der Waals surface area contributed by atoms with Gasteiger partial charge in [-0.2, -0.15) is 0 Å². The van der Waals surface area contributed by atoms with Gasteiger partial charge in [0.1, 0.15) is 11.5 Å². The average molecular weight is 341 g/mol. The molecule has 0 aromatic heterocycles. The smallest absolute Gasteiger partial charge is 0.119 e. The van der Waals surface area contributed by atoms with Crippen LogP contribution in [0, 0.1) is 13.8 Å². The summed E-state index contributed by atoms with van der Waals surface area (Å²) in [7, 11) is 0. The van der Waals surface area contributed by atoms with Crippen LogP contribution in [0.15, 0.2) is 24.3 Å². The maximum Gasteiger partial charge on any atom is 0.119 e. The van der Waals surface area contributed by atoms with Crippen molar-refractivity contribution in [3.63, 3.8) is 0 Å². The standard InChI is InChI=1S/C23H32O2/c1-14-9-16(20(18(24)11-14)22(3,4)5)13-17-10-15(2)12-19(25)21(17)23(6,7)8/h9-12,24-25H,13H2,1-8H3. The molecule has 0 saturated carbocycles. The van der Waals surface area contributed by atoms with Gasteiger partial charge in [0.05, 0.1) is 0 Å². The Morgan fingerprint density at radius 1 is 0.640 bits per heavy atom. The van der Waals surface area contributed by atoms with Crippen LogP contribution < -0.4 is 0 Å². The Morgan fingerprint density at radius 2 is 0.960 bits per heavy atom. The molecule has 0 aliphatic heterocycles. The summed E-state index contributed by atoms with van der Waals surface area (Å²) in [6.07, 6.45) is 0.698. The van der Waals surface area contributed by atoms with Gasteiger partial charge in [0.15, 0.2) is 0 Å². The van der Waals surface area contributed by atoms with Gasteiger partial charge in [0, 0.05) is 11.1 Å². The van der Waals surface area contributed by atoms with E-state index in [0.717, 1.165) is 33.4 Å². The van der Waals surface area contributed by atoms with Crippen molar-refractivity contribution in [2.24, 2.45) is 0 Å². The van der Waals surface area contributed by atoms with Crippen LogP contribution in [0.1, 0.15) is 74.9 Å². The fourth-order valence-electron chi connectivity index (χ4n) is 3.90. The van der Waals surface area contributed by atoms with E-state index in [9.17, 15) is 10.2 Å². The molecule has 0 spiro atoms. The number of hydrogen-bond donors (Lipinski definition) is 2. The molecule has 2 N–H and O–H groups in total. The van der Waals surface area contributed by atoms with Crippen LogP contribution in [-0.2, 0) is 17.3 Å². The Morgan fingerprint density at radius 3 is 1.24 bits per heavy atom. The van der Waals surface area contributed by atoms with Crippen molar-refractivity contribution in [2.75, 3.05) is 0 Å². The predicted octanol–water partition coefficient (Wildman–Crippen LogP) is 5.90. The largest absolute Gasteiger partial charge is 0.508 e. The minimum atomic E-state index is -0.152. The van der Waals surface area contributed by atoms with Crippen molar-refractivity contribution >= 4 is 0 Å². The van der Waals surface area contributed by atoms with Crippen LogP contribution in [0.4, 0.5) is 0 Å². The van der Waals surface area contributed by atoms with Gasteiger partial charge in [-0.3, -0.25) is 0 Å². The Hall–Kier alpha value is -1.96. The first-order chi connectivity index (χ1) is 11.3. The van der Waals surface area contributed by atoms with E-state index >= 15 is 0 Å². The minimum Gasteiger partial charge on any atom is -0.508 e. The molecule has 0 atom stereocenters. The first-order valence-electron chi connectivity index (χ1n) is 8.96. The quantitative estimate of drug-likeness (QED) is 0.714. The van der Waals surface area contributed by atoms with E-state index in [4.69, 9.17) is 0 Å². The lowest BCUT2D eigenvalue weighted by Gasteiger charge is -2.28. The third-order valence-corrected chi connectivity index (χ3v) is 4.57. The van der Waals surface area contributed by atoms with Crippen molar-refractivity contribution in [3.05, 3.63) is 57.6 Å². The fourth-order valence-corrected chi connectivity index (χ4v) is 3.90. The second-order valence-electron chi connectivity index (χ2n) is 9.31. The summed E-state index contributed by atoms with van der Waals surface area (Å²) in [4.78, 5) is 0. The number of hydrogen-bond acceptors (Lipinski definition) is 2. The van der Waals surface area contributed by atoms with Crippen LogP contribution in [0.25, 0.3) is 0 Å². The molecule has 0 aliphatic carbocycles. The Balaban J connectivity index is 2.70. The molecule has 0 heterocycles. The van der Waals surface area contributed by atoms with Gasteiger partial charge >= 0.3 is 0 Å². The second kappa shape index (κ2) is 6.40. The summed E-state index contributed by atoms with van der Waals surface area (Å²) >= 11 is 0. The Bertz CT molecular complexity index is 720. The van der Waals surface area contributed by atoms with E-state index in [2.05, 4.69) is 53.7 Å². The lowest BCUT2D eigenvalue weighted by atomic mass is 9.77. The lowest BCUT2D eigenvalue weighted by Crippen LogP contribution is -2.18. The summed E-state index contributed by atoms with van der Waals surface area (Å²) in [5, 5.41) is 21.1. The molecular formula is C23H32O2. The molecule has 0 amide bonds. The summed E-state index contributed by atoms with van der Waals surface area (Å²) in [6, 6.07) is 7.99. The van der Waals surface area contributed by atoms with Crippen molar-refractivity contribution in [1.82, 2.24) is 0 Å². The molecule has 0 fully saturated rings. The molecule has 0 unspecified atom stereocenters. The highest BCUT2D eigenvalue weighted by Gasteiger charge is 2.26. The normalized spacial score (nSPS) is 12.5. The van der Waals surface area contributed by atoms with Gasteiger partial charge in [-0.25, -0.2) is 0 Å². The molecule has 25 heavy (non-hydrogen) atoms. The number of phenolic OH excluding ortho intramolecular Hbond substituents is 2. The van der Waals surface area contributed by atoms with Crippen LogP contribution in [0.2, 0.25) is 0 Å². The van der Waals surface area contributed by atoms with E-state index in [1.54, 1.807) is 0 Å². The molecule has 2 heteroatoms. The third-order valence-electron chi connectivity index (χ3n) is 4.57. The molecule has 0 saturated heterocycles. The summed E-state index contributed by atoms with van der Waals surface area (Å²) in [5.74, 6) is 0.716. The predicted molar refractivity (Wildman–Crippen MR) is 106 cm³/mol. The van der Waals surface area contributed by atoms with Gasteiger partial charge < -0.3 is 10.2 Å². The van der Waals surface area contributed by atoms with Gasteiger partial charge in [-0.1, -0.05) is 53.7 Å². The fraction of sp³-hybridized carbons (Fsp3) is 0.478. The monoisotopic (exact) mass is 340 g/mol. The van der Waals surface area contributed by atoms with E-state index < -0.39 is 0 Å². The molecule has 2 rings (SSSR count). The zero-order valence-electron chi connectivity index (χ0n) is 16.9. The first-order valence-corrected chi connectivity index (χ1v) is 8.96. The van der Waals surface area contributed by atoms with Crippen LogP contribution in [-0.4, -0.2) is 10.2 Å². The maximum absolute atomic E-state index is 10.6. The van der Waals surface area contributed by atoms with Crippen molar-refractivity contribution in [3.8, 4) is 11.5 Å². The van der Waals surface area contributed by atoms with Crippen molar-refractivity contribution in [1.29, 1.82) is 0 Å². The molecular weight excluding hydrogens is 308 g/mol. The first kappa shape index (κ1) is 19.4. The number of aromatic hydroxyl groups is 2. The van der Waals surface area contributed by atoms with Crippen LogP contribution >= 0.6 is 0 Å². The molecule has 2 aromatic rings. The number of phenols is 2. The summed E-state index contributed by atoms with van der Waals surface area (Å²) in [5.41, 5.74) is 6.02. The highest BCUT2D eigenvalue weighted by Crippen LogP contribution is 2.39. The van der Waals surface area contributed by atoms with Gasteiger partial charge in [-0.05, 0) is 65.5 Å². The van der Waals surface area contributed by atoms with Gasteiger partial charge in [0.25, 0.3) is 0 Å². The lowest BCUT2D eigenvalue weighted by molar-refractivity contribution is 0.442. The Kier molecular flexibility index (Phi) is 4.96. The number of benzene rings is 2. The molecule has 136 valence electrons. The topological polar surface area (TPSA) is 40.5 Å². The second-order valence-corrected chi connectivity index (χ2v) is 9.31. The molecule has 2 nitrogen and oxygen atoms in total. The van der Waals surface area contributed by atoms with E-state index in [0.29, 0.717) is 17.9 Å². The number of rotatable bonds is 2. The molecule has 0 aliphatic rings. The van der Waals surface area contributed by atoms with Gasteiger partial charge in [0.2, 0.25) is 0 Å². The SMILES string of the molecule is Cc1cc(O)c(C(C)(C)C)c(Cc2cc(C)cc(O)c2C(C)(C)C)c1. The third kappa shape index (κ3) is 4.18. The van der Waals surface area contributed by atoms with E-state index in [1.807, 2.05) is 26.0 Å². The minimum absolute atomic E-state index is 0.152. The zero-order valence-corrected chi connectivity index (χ0v) is 16.9. The highest BCUT2D eigenvalue weighted by atomic mass is 16.3. The van der Waals surface area contributed by atoms with Crippen molar-refractivity contribution < 1.29 is 10.2 Å². The van der Waals surface area contributed by atoms with Crippen molar-refractivity contribution in [2.45, 2.75) is 72.6 Å². The Labute approximate surface area is 152 Å². The zero-order chi connectivity index (χ0) is 19.2. The molecule has 0 bridgehead atoms. The highest BCUT2D eigenvalue weighted by molar-refractivity contribution is 5.52. The maximum atomic E-state index is 10.6. The van der Waals surface area contributed by atoms with E-state index in [1.165, 1.54) is 0 Å². The van der Waals surface area contributed by atoms with E-state index in [-0.39, 0.29) is 10.8 Å². The van der Waals surface area contributed by atoms with Crippen LogP contribution in [0.5, 0.6) is 11.5 Å². The average Bonchev–Trinajstić information content (AvgIpc) is 2.32. The summed E-state index contributed by atoms with van der Waals surface area (Å²) < 4.78 is 0. The number of aryl methyl sites for hydroxylation is 2. The van der Waals surface area contributed by atoms with Gasteiger partial charge in [-0.15, -0.1) is 0 Å². The molecule has 2 aromatic carbocycles. The molecule has 0 radical (unpaired) electrons. The van der Waals surface area contributed by atoms with Crippen LogP contribution in [0.3, 0.4) is 0 Å². The summed E-state index contributed by atoms with van der Waals surface area (Å²) in [6.45, 7) is 16.8.